The second kappa shape index (κ2) is 8.13. The van der Waals surface area contributed by atoms with E-state index in [1.807, 2.05) is 44.4 Å². The van der Waals surface area contributed by atoms with Gasteiger partial charge in [0.15, 0.2) is 0 Å². The molecule has 0 saturated heterocycles. The van der Waals surface area contributed by atoms with Crippen LogP contribution in [0, 0.1) is 0 Å². The fraction of sp³-hybridized carbons (Fsp3) is 0.278. The smallest absolute Gasteiger partial charge is 0.251 e. The first-order valence-corrected chi connectivity index (χ1v) is 8.14. The zero-order valence-electron chi connectivity index (χ0n) is 13.5. The summed E-state index contributed by atoms with van der Waals surface area (Å²) in [7, 11) is 5.58. The lowest BCUT2D eigenvalue weighted by Crippen LogP contribution is -2.35. The van der Waals surface area contributed by atoms with Crippen LogP contribution in [0.2, 0.25) is 0 Å². The second-order valence-corrected chi connectivity index (χ2v) is 6.40. The molecule has 1 N–H and O–H groups in total. The number of benzene rings is 2. The van der Waals surface area contributed by atoms with Crippen molar-refractivity contribution in [3.8, 4) is 5.75 Å². The van der Waals surface area contributed by atoms with Crippen molar-refractivity contribution in [1.29, 1.82) is 0 Å². The Morgan fingerprint density at radius 3 is 2.48 bits per heavy atom. The van der Waals surface area contributed by atoms with Gasteiger partial charge in [0.25, 0.3) is 5.91 Å². The van der Waals surface area contributed by atoms with Gasteiger partial charge >= 0.3 is 0 Å². The number of halogens is 1. The second-order valence-electron chi connectivity index (χ2n) is 5.55. The van der Waals surface area contributed by atoms with Crippen LogP contribution >= 0.6 is 15.9 Å². The Balaban J connectivity index is 2.19. The summed E-state index contributed by atoms with van der Waals surface area (Å²) in [6.45, 7) is 0.729. The maximum absolute atomic E-state index is 12.6. The first-order valence-electron chi connectivity index (χ1n) is 7.35. The highest BCUT2D eigenvalue weighted by molar-refractivity contribution is 9.10. The van der Waals surface area contributed by atoms with E-state index in [1.54, 1.807) is 25.3 Å². The number of amides is 1. The monoisotopic (exact) mass is 376 g/mol. The molecule has 0 aliphatic heterocycles. The number of carbonyl (C=O) groups excluding carboxylic acids is 1. The number of methoxy groups -OCH3 is 1. The van der Waals surface area contributed by atoms with Crippen LogP contribution in [-0.4, -0.2) is 38.6 Å². The summed E-state index contributed by atoms with van der Waals surface area (Å²) < 4.78 is 5.96. The average Bonchev–Trinajstić information content (AvgIpc) is 2.54. The van der Waals surface area contributed by atoms with Gasteiger partial charge in [0, 0.05) is 12.1 Å². The highest BCUT2D eigenvalue weighted by atomic mass is 79.9. The van der Waals surface area contributed by atoms with E-state index in [9.17, 15) is 4.79 Å². The van der Waals surface area contributed by atoms with Crippen LogP contribution in [0.25, 0.3) is 0 Å². The number of likely N-dealkylation sites (N-methyl/N-ethyl adjacent to an activating group) is 1. The van der Waals surface area contributed by atoms with Crippen molar-refractivity contribution in [3.05, 3.63) is 64.1 Å². The molecule has 0 spiro atoms. The average molecular weight is 377 g/mol. The lowest BCUT2D eigenvalue weighted by Gasteiger charge is -2.23. The minimum Gasteiger partial charge on any atom is -0.496 e. The summed E-state index contributed by atoms with van der Waals surface area (Å²) >= 11 is 3.41. The number of hydrogen-bond acceptors (Lipinski definition) is 3. The Labute approximate surface area is 145 Å². The number of carbonyl (C=O) groups is 1. The summed E-state index contributed by atoms with van der Waals surface area (Å²) in [5.41, 5.74) is 1.68. The third-order valence-electron chi connectivity index (χ3n) is 3.47. The van der Waals surface area contributed by atoms with Crippen molar-refractivity contribution in [2.75, 3.05) is 27.7 Å². The highest BCUT2D eigenvalue weighted by Gasteiger charge is 2.17. The summed E-state index contributed by atoms with van der Waals surface area (Å²) in [4.78, 5) is 14.6. The van der Waals surface area contributed by atoms with E-state index in [4.69, 9.17) is 4.74 Å². The molecule has 2 aromatic carbocycles. The number of hydrogen-bond donors (Lipinski definition) is 1. The molecule has 5 heteroatoms. The molecule has 0 unspecified atom stereocenters. The summed E-state index contributed by atoms with van der Waals surface area (Å²) in [6, 6.07) is 15.2. The molecular weight excluding hydrogens is 356 g/mol. The molecule has 0 heterocycles. The highest BCUT2D eigenvalue weighted by Crippen LogP contribution is 2.26. The molecule has 0 aliphatic carbocycles. The summed E-state index contributed by atoms with van der Waals surface area (Å²) in [5.74, 6) is 0.596. The van der Waals surface area contributed by atoms with Gasteiger partial charge in [0.2, 0.25) is 0 Å². The van der Waals surface area contributed by atoms with Crippen LogP contribution in [0.1, 0.15) is 22.0 Å². The quantitative estimate of drug-likeness (QED) is 0.838. The number of nitrogens with zero attached hydrogens (tertiary/aromatic N) is 1. The molecule has 0 fully saturated rings. The van der Waals surface area contributed by atoms with E-state index in [1.165, 1.54) is 0 Å². The first-order chi connectivity index (χ1) is 11.0. The van der Waals surface area contributed by atoms with Crippen molar-refractivity contribution < 1.29 is 9.53 Å². The van der Waals surface area contributed by atoms with Crippen LogP contribution in [0.15, 0.2) is 53.0 Å². The predicted octanol–water partition coefficient (Wildman–Crippen LogP) is 3.49. The molecule has 4 nitrogen and oxygen atoms in total. The number of nitrogens with one attached hydrogen (secondary N) is 1. The first kappa shape index (κ1) is 17.5. The Morgan fingerprint density at radius 1 is 1.22 bits per heavy atom. The molecule has 23 heavy (non-hydrogen) atoms. The van der Waals surface area contributed by atoms with Gasteiger partial charge in [-0.1, -0.05) is 30.3 Å². The minimum atomic E-state index is -0.107. The number of ether oxygens (including phenoxy) is 1. The number of rotatable bonds is 6. The van der Waals surface area contributed by atoms with Gasteiger partial charge in [0.1, 0.15) is 5.75 Å². The zero-order valence-corrected chi connectivity index (χ0v) is 15.1. The molecule has 2 rings (SSSR count). The maximum atomic E-state index is 12.6. The van der Waals surface area contributed by atoms with E-state index < -0.39 is 0 Å². The molecule has 2 aromatic rings. The van der Waals surface area contributed by atoms with Gasteiger partial charge in [-0.3, -0.25) is 4.79 Å². The fourth-order valence-electron chi connectivity index (χ4n) is 2.33. The third kappa shape index (κ3) is 4.81. The van der Waals surface area contributed by atoms with Crippen LogP contribution in [0.5, 0.6) is 5.75 Å². The SMILES string of the molecule is COc1ccc(C(=O)N[C@H](CN(C)C)c2ccccc2)cc1Br. The van der Waals surface area contributed by atoms with E-state index >= 15 is 0 Å². The van der Waals surface area contributed by atoms with Gasteiger partial charge in [-0.25, -0.2) is 0 Å². The lowest BCUT2D eigenvalue weighted by molar-refractivity contribution is 0.0930. The van der Waals surface area contributed by atoms with E-state index in [2.05, 4.69) is 26.1 Å². The molecular formula is C18H21BrN2O2. The lowest BCUT2D eigenvalue weighted by atomic mass is 10.1. The third-order valence-corrected chi connectivity index (χ3v) is 4.09. The Morgan fingerprint density at radius 2 is 1.91 bits per heavy atom. The van der Waals surface area contributed by atoms with E-state index in [0.29, 0.717) is 11.3 Å². The zero-order chi connectivity index (χ0) is 16.8. The van der Waals surface area contributed by atoms with Gasteiger partial charge in [-0.2, -0.15) is 0 Å². The Hall–Kier alpha value is -1.85. The molecule has 0 aromatic heterocycles. The molecule has 0 aliphatic rings. The van der Waals surface area contributed by atoms with E-state index in [-0.39, 0.29) is 11.9 Å². The van der Waals surface area contributed by atoms with Crippen LogP contribution in [0.4, 0.5) is 0 Å². The molecule has 0 saturated carbocycles. The molecule has 0 bridgehead atoms. The molecule has 0 radical (unpaired) electrons. The normalized spacial score (nSPS) is 12.0. The van der Waals surface area contributed by atoms with Gasteiger partial charge in [0.05, 0.1) is 17.6 Å². The van der Waals surface area contributed by atoms with Crippen molar-refractivity contribution in [1.82, 2.24) is 10.2 Å². The van der Waals surface area contributed by atoms with Crippen molar-refractivity contribution >= 4 is 21.8 Å². The van der Waals surface area contributed by atoms with Crippen molar-refractivity contribution in [2.45, 2.75) is 6.04 Å². The minimum absolute atomic E-state index is 0.0698. The van der Waals surface area contributed by atoms with Crippen LogP contribution in [-0.2, 0) is 0 Å². The van der Waals surface area contributed by atoms with Crippen molar-refractivity contribution in [3.63, 3.8) is 0 Å². The topological polar surface area (TPSA) is 41.6 Å². The van der Waals surface area contributed by atoms with Crippen LogP contribution < -0.4 is 10.1 Å². The predicted molar refractivity (Wildman–Crippen MR) is 95.9 cm³/mol. The molecule has 1 atom stereocenters. The maximum Gasteiger partial charge on any atom is 0.251 e. The molecule has 122 valence electrons. The van der Waals surface area contributed by atoms with Gasteiger partial charge in [-0.15, -0.1) is 0 Å². The summed E-state index contributed by atoms with van der Waals surface area (Å²) in [6.07, 6.45) is 0. The van der Waals surface area contributed by atoms with Crippen LogP contribution in [0.3, 0.4) is 0 Å². The largest absolute Gasteiger partial charge is 0.496 e. The van der Waals surface area contributed by atoms with E-state index in [0.717, 1.165) is 16.6 Å². The molecule has 1 amide bonds. The fourth-order valence-corrected chi connectivity index (χ4v) is 2.87. The van der Waals surface area contributed by atoms with Crippen molar-refractivity contribution in [2.24, 2.45) is 0 Å². The standard InChI is InChI=1S/C18H21BrN2O2/c1-21(2)12-16(13-7-5-4-6-8-13)20-18(22)14-9-10-17(23-3)15(19)11-14/h4-11,16H,12H2,1-3H3,(H,20,22)/t16-/m1/s1. The Bertz CT molecular complexity index is 659. The van der Waals surface area contributed by atoms with Gasteiger partial charge in [-0.05, 0) is 53.8 Å². The van der Waals surface area contributed by atoms with Gasteiger partial charge < -0.3 is 15.0 Å². The summed E-state index contributed by atoms with van der Waals surface area (Å²) in [5, 5.41) is 3.10. The Kier molecular flexibility index (Phi) is 6.19.